The van der Waals surface area contributed by atoms with Crippen LogP contribution in [-0.2, 0) is 11.2 Å². The summed E-state index contributed by atoms with van der Waals surface area (Å²) in [6.07, 6.45) is 6.51. The Morgan fingerprint density at radius 3 is 2.85 bits per heavy atom. The Hall–Kier alpha value is -3.01. The smallest absolute Gasteiger partial charge is 0.407 e. The minimum Gasteiger partial charge on any atom is -0.464 e. The van der Waals surface area contributed by atoms with E-state index < -0.39 is 0 Å². The van der Waals surface area contributed by atoms with E-state index in [1.54, 1.807) is 0 Å². The van der Waals surface area contributed by atoms with Crippen LogP contribution in [-0.4, -0.2) is 12.7 Å². The molecule has 0 saturated carbocycles. The van der Waals surface area contributed by atoms with Gasteiger partial charge in [0.2, 0.25) is 0 Å². The third-order valence-corrected chi connectivity index (χ3v) is 4.85. The van der Waals surface area contributed by atoms with Crippen molar-refractivity contribution in [3.05, 3.63) is 77.6 Å². The molecule has 0 bridgehead atoms. The number of benzene rings is 2. The van der Waals surface area contributed by atoms with Crippen molar-refractivity contribution in [2.75, 3.05) is 6.61 Å². The molecule has 26 heavy (non-hydrogen) atoms. The molecular weight excluding hydrogens is 326 g/mol. The monoisotopic (exact) mass is 347 g/mol. The second-order valence-corrected chi connectivity index (χ2v) is 6.46. The first kappa shape index (κ1) is 16.5. The Morgan fingerprint density at radius 1 is 1.15 bits per heavy atom. The molecule has 0 radical (unpaired) electrons. The minimum absolute atomic E-state index is 0.121. The summed E-state index contributed by atoms with van der Waals surface area (Å²) in [5.41, 5.74) is 4.27. The number of hydrogen-bond donors (Lipinski definition) is 1. The number of ether oxygens (including phenoxy) is 1. The lowest BCUT2D eigenvalue weighted by Crippen LogP contribution is -2.35. The normalized spacial score (nSPS) is 18.5. The standard InChI is InChI=1S/C22H21NO3/c1-2-25-22(24)23-21-16(12-11-15-7-3-4-9-19(15)21)13-17-14-26-20-10-6-5-8-18(17)20/h3-12,14,16,21H,2,13H2,1H3,(H,23,24)/t16-,21+/m0/s1. The second-order valence-electron chi connectivity index (χ2n) is 6.46. The van der Waals surface area contributed by atoms with Gasteiger partial charge in [0.05, 0.1) is 18.9 Å². The summed E-state index contributed by atoms with van der Waals surface area (Å²) in [5.74, 6) is 0.121. The summed E-state index contributed by atoms with van der Waals surface area (Å²) < 4.78 is 10.8. The molecule has 1 amide bonds. The predicted molar refractivity (Wildman–Crippen MR) is 102 cm³/mol. The third kappa shape index (κ3) is 3.10. The Balaban J connectivity index is 1.66. The Bertz CT molecular complexity index is 957. The first-order chi connectivity index (χ1) is 12.8. The quantitative estimate of drug-likeness (QED) is 0.714. The lowest BCUT2D eigenvalue weighted by molar-refractivity contribution is 0.145. The van der Waals surface area contributed by atoms with Gasteiger partial charge in [0.15, 0.2) is 0 Å². The molecule has 1 aliphatic rings. The molecular formula is C22H21NO3. The zero-order valence-corrected chi connectivity index (χ0v) is 14.6. The molecule has 4 heteroatoms. The van der Waals surface area contributed by atoms with E-state index in [1.165, 1.54) is 0 Å². The number of furan rings is 1. The lowest BCUT2D eigenvalue weighted by atomic mass is 9.81. The highest BCUT2D eigenvalue weighted by atomic mass is 16.5. The first-order valence-corrected chi connectivity index (χ1v) is 8.92. The lowest BCUT2D eigenvalue weighted by Gasteiger charge is -2.30. The summed E-state index contributed by atoms with van der Waals surface area (Å²) in [6, 6.07) is 16.0. The van der Waals surface area contributed by atoms with Crippen LogP contribution in [0.25, 0.3) is 17.0 Å². The number of alkyl carbamates (subject to hydrolysis) is 1. The number of nitrogens with one attached hydrogen (secondary N) is 1. The highest BCUT2D eigenvalue weighted by molar-refractivity contribution is 5.81. The number of rotatable bonds is 4. The fourth-order valence-electron chi connectivity index (χ4n) is 3.63. The van der Waals surface area contributed by atoms with Gasteiger partial charge in [0.25, 0.3) is 0 Å². The second kappa shape index (κ2) is 7.08. The van der Waals surface area contributed by atoms with Gasteiger partial charge in [0, 0.05) is 11.3 Å². The van der Waals surface area contributed by atoms with Gasteiger partial charge in [-0.25, -0.2) is 4.79 Å². The van der Waals surface area contributed by atoms with Gasteiger partial charge < -0.3 is 14.5 Å². The molecule has 0 unspecified atom stereocenters. The van der Waals surface area contributed by atoms with Gasteiger partial charge in [-0.05, 0) is 36.1 Å². The third-order valence-electron chi connectivity index (χ3n) is 4.85. The van der Waals surface area contributed by atoms with Crippen LogP contribution in [0.3, 0.4) is 0 Å². The molecule has 1 aliphatic carbocycles. The number of hydrogen-bond acceptors (Lipinski definition) is 3. The predicted octanol–water partition coefficient (Wildman–Crippen LogP) is 5.11. The van der Waals surface area contributed by atoms with E-state index in [0.29, 0.717) is 6.61 Å². The van der Waals surface area contributed by atoms with Gasteiger partial charge in [-0.3, -0.25) is 0 Å². The van der Waals surface area contributed by atoms with E-state index in [-0.39, 0.29) is 18.1 Å². The molecule has 1 heterocycles. The van der Waals surface area contributed by atoms with Crippen LogP contribution >= 0.6 is 0 Å². The zero-order chi connectivity index (χ0) is 17.9. The van der Waals surface area contributed by atoms with Crippen molar-refractivity contribution in [1.82, 2.24) is 5.32 Å². The molecule has 0 aliphatic heterocycles. The zero-order valence-electron chi connectivity index (χ0n) is 14.6. The Morgan fingerprint density at radius 2 is 1.96 bits per heavy atom. The van der Waals surface area contributed by atoms with Crippen LogP contribution in [0.5, 0.6) is 0 Å². The molecule has 0 spiro atoms. The van der Waals surface area contributed by atoms with E-state index in [9.17, 15) is 4.79 Å². The fraction of sp³-hybridized carbons (Fsp3) is 0.227. The van der Waals surface area contributed by atoms with E-state index in [1.807, 2.05) is 43.5 Å². The molecule has 1 N–H and O–H groups in total. The van der Waals surface area contributed by atoms with E-state index in [0.717, 1.165) is 34.1 Å². The van der Waals surface area contributed by atoms with Crippen molar-refractivity contribution in [2.45, 2.75) is 19.4 Å². The highest BCUT2D eigenvalue weighted by Gasteiger charge is 2.29. The van der Waals surface area contributed by atoms with E-state index in [2.05, 4.69) is 35.7 Å². The largest absolute Gasteiger partial charge is 0.464 e. The SMILES string of the molecule is CCOC(=O)N[C@H]1c2ccccc2C=C[C@H]1Cc1coc2ccccc12. The summed E-state index contributed by atoms with van der Waals surface area (Å²) >= 11 is 0. The summed E-state index contributed by atoms with van der Waals surface area (Å²) in [5, 5.41) is 4.16. The van der Waals surface area contributed by atoms with Gasteiger partial charge in [-0.1, -0.05) is 54.6 Å². The van der Waals surface area contributed by atoms with Gasteiger partial charge in [-0.2, -0.15) is 0 Å². The maximum absolute atomic E-state index is 12.1. The maximum atomic E-state index is 12.1. The summed E-state index contributed by atoms with van der Waals surface area (Å²) in [7, 11) is 0. The van der Waals surface area contributed by atoms with Crippen LogP contribution in [0.15, 0.2) is 65.3 Å². The van der Waals surface area contributed by atoms with Gasteiger partial charge in [-0.15, -0.1) is 0 Å². The van der Waals surface area contributed by atoms with Crippen molar-refractivity contribution in [2.24, 2.45) is 5.92 Å². The number of amides is 1. The first-order valence-electron chi connectivity index (χ1n) is 8.92. The molecule has 0 saturated heterocycles. The molecule has 132 valence electrons. The highest BCUT2D eigenvalue weighted by Crippen LogP contribution is 2.36. The van der Waals surface area contributed by atoms with Crippen molar-refractivity contribution in [3.8, 4) is 0 Å². The maximum Gasteiger partial charge on any atom is 0.407 e. The number of carbonyl (C=O) groups excluding carboxylic acids is 1. The molecule has 0 fully saturated rings. The summed E-state index contributed by atoms with van der Waals surface area (Å²) in [6.45, 7) is 2.16. The fourth-order valence-corrected chi connectivity index (χ4v) is 3.63. The Labute approximate surface area is 152 Å². The molecule has 2 atom stereocenters. The topological polar surface area (TPSA) is 51.5 Å². The van der Waals surface area contributed by atoms with Crippen LogP contribution in [0.4, 0.5) is 4.79 Å². The van der Waals surface area contributed by atoms with Gasteiger partial charge >= 0.3 is 6.09 Å². The molecule has 4 nitrogen and oxygen atoms in total. The van der Waals surface area contributed by atoms with Crippen molar-refractivity contribution >= 4 is 23.1 Å². The number of fused-ring (bicyclic) bond motifs is 2. The van der Waals surface area contributed by atoms with Crippen LogP contribution < -0.4 is 5.32 Å². The van der Waals surface area contributed by atoms with Crippen LogP contribution in [0, 0.1) is 5.92 Å². The number of carbonyl (C=O) groups is 1. The van der Waals surface area contributed by atoms with Crippen LogP contribution in [0.1, 0.15) is 29.7 Å². The molecule has 1 aromatic heterocycles. The molecule has 3 aromatic rings. The van der Waals surface area contributed by atoms with Crippen LogP contribution in [0.2, 0.25) is 0 Å². The molecule has 4 rings (SSSR count). The Kier molecular flexibility index (Phi) is 4.48. The van der Waals surface area contributed by atoms with Gasteiger partial charge in [0.1, 0.15) is 5.58 Å². The number of para-hydroxylation sites is 1. The average molecular weight is 347 g/mol. The van der Waals surface area contributed by atoms with Crippen molar-refractivity contribution in [3.63, 3.8) is 0 Å². The van der Waals surface area contributed by atoms with Crippen molar-refractivity contribution < 1.29 is 13.9 Å². The van der Waals surface area contributed by atoms with E-state index >= 15 is 0 Å². The van der Waals surface area contributed by atoms with Crippen molar-refractivity contribution in [1.29, 1.82) is 0 Å². The minimum atomic E-state index is -0.385. The summed E-state index contributed by atoms with van der Waals surface area (Å²) in [4.78, 5) is 12.1. The average Bonchev–Trinajstić information content (AvgIpc) is 3.07. The molecule has 2 aromatic carbocycles. The van der Waals surface area contributed by atoms with E-state index in [4.69, 9.17) is 9.15 Å².